The molecule has 0 nitrogen and oxygen atoms in total. The van der Waals surface area contributed by atoms with E-state index in [9.17, 15) is 4.39 Å². The summed E-state index contributed by atoms with van der Waals surface area (Å²) in [6, 6.07) is 0. The Morgan fingerprint density at radius 2 is 2.00 bits per heavy atom. The van der Waals surface area contributed by atoms with Gasteiger partial charge in [0, 0.05) is 0 Å². The van der Waals surface area contributed by atoms with Gasteiger partial charge in [0.25, 0.3) is 0 Å². The van der Waals surface area contributed by atoms with Crippen LogP contribution in [-0.2, 0) is 0 Å². The molecule has 3 heteroatoms. The van der Waals surface area contributed by atoms with Crippen molar-refractivity contribution in [3.05, 3.63) is 0 Å². The van der Waals surface area contributed by atoms with Gasteiger partial charge in [0.15, 0.2) is 0 Å². The van der Waals surface area contributed by atoms with Crippen LogP contribution in [0, 0.1) is 0 Å². The zero-order chi connectivity index (χ0) is 3.58. The molecule has 0 spiro atoms. The highest BCUT2D eigenvalue weighted by atomic mass is 31.1. The summed E-state index contributed by atoms with van der Waals surface area (Å²) in [5, 5.41) is -0.361. The Kier molecular flexibility index (Phi) is 2.05. The van der Waals surface area contributed by atoms with Gasteiger partial charge in [-0.15, -0.1) is 0 Å². The highest BCUT2D eigenvalue weighted by molar-refractivity contribution is 7.55. The van der Waals surface area contributed by atoms with Gasteiger partial charge >= 0.3 is 0 Å². The fraction of sp³-hybridized carbons (Fsp3) is 0. The number of hydrogen-bond donors (Lipinski definition) is 0. The molecule has 0 fully saturated rings. The largest absolute Gasteiger partial charge is 0.203 e. The van der Waals surface area contributed by atoms with Crippen LogP contribution in [0.4, 0.5) is 4.39 Å². The Balaban J connectivity index is 2.80. The first-order valence-corrected chi connectivity index (χ1v) is 1.81. The van der Waals surface area contributed by atoms with Crippen molar-refractivity contribution in [2.45, 2.75) is 0 Å². The molecule has 0 saturated carbocycles. The van der Waals surface area contributed by atoms with Gasteiger partial charge in [0.05, 0.1) is 0 Å². The Morgan fingerprint density at radius 3 is 2.00 bits per heavy atom. The van der Waals surface area contributed by atoms with Crippen LogP contribution in [0.3, 0.4) is 0 Å². The second-order valence-electron chi connectivity index (χ2n) is 0.348. The number of halogens is 1. The van der Waals surface area contributed by atoms with Gasteiger partial charge in [-0.3, -0.25) is 0 Å². The fourth-order valence-electron chi connectivity index (χ4n) is 0. The van der Waals surface area contributed by atoms with Gasteiger partial charge in [-0.25, -0.2) is 4.39 Å². The summed E-state index contributed by atoms with van der Waals surface area (Å²) in [6.45, 7) is 0. The molecule has 4 heavy (non-hydrogen) atoms. The third-order valence-corrected chi connectivity index (χ3v) is 0. The van der Waals surface area contributed by atoms with Crippen molar-refractivity contribution in [3.8, 4) is 0 Å². The van der Waals surface area contributed by atoms with Crippen molar-refractivity contribution in [2.24, 2.45) is 0 Å². The standard InChI is InChI=1S/CH3FP2/c2-1(3)4/h3H,4H2. The topological polar surface area (TPSA) is 0 Å². The predicted octanol–water partition coefficient (Wildman–Crippen LogP) is 1.06. The van der Waals surface area contributed by atoms with E-state index in [1.54, 1.807) is 0 Å². The van der Waals surface area contributed by atoms with Crippen molar-refractivity contribution < 1.29 is 4.39 Å². The minimum absolute atomic E-state index is 0.361. The smallest absolute Gasteiger partial charge is 0.134 e. The normalized spacial score (nSPS) is 6.50. The third-order valence-electron chi connectivity index (χ3n) is 0. The SMILES string of the molecule is FC(=P)P. The van der Waals surface area contributed by atoms with Crippen LogP contribution in [0.15, 0.2) is 0 Å². The molecular formula is CH3FP2. The summed E-state index contributed by atoms with van der Waals surface area (Å²) in [7, 11) is 4.35. The molecule has 1 atom stereocenters. The first-order valence-electron chi connectivity index (χ1n) is 0.728. The zero-order valence-corrected chi connectivity index (χ0v) is 4.11. The molecule has 1 unspecified atom stereocenters. The molecule has 0 aliphatic heterocycles. The van der Waals surface area contributed by atoms with E-state index in [0.717, 1.165) is 0 Å². The van der Waals surface area contributed by atoms with E-state index >= 15 is 0 Å². The van der Waals surface area contributed by atoms with E-state index in [0.29, 0.717) is 0 Å². The van der Waals surface area contributed by atoms with Gasteiger partial charge in [0.1, 0.15) is 5.29 Å². The van der Waals surface area contributed by atoms with Crippen molar-refractivity contribution >= 4 is 23.4 Å². The first-order chi connectivity index (χ1) is 1.73. The van der Waals surface area contributed by atoms with Crippen molar-refractivity contribution in [2.75, 3.05) is 0 Å². The molecule has 0 N–H and O–H groups in total. The molecule has 0 aliphatic carbocycles. The maximum Gasteiger partial charge on any atom is 0.134 e. The molecule has 24 valence electrons. The highest BCUT2D eigenvalue weighted by Gasteiger charge is 1.59. The summed E-state index contributed by atoms with van der Waals surface area (Å²) >= 11 is 0. The lowest BCUT2D eigenvalue weighted by atomic mass is 11.8. The van der Waals surface area contributed by atoms with Crippen LogP contribution >= 0.6 is 18.1 Å². The minimum atomic E-state index is -0.361. The van der Waals surface area contributed by atoms with Gasteiger partial charge in [0.2, 0.25) is 0 Å². The summed E-state index contributed by atoms with van der Waals surface area (Å²) in [6.07, 6.45) is 0. The van der Waals surface area contributed by atoms with Gasteiger partial charge in [-0.1, -0.05) is 18.1 Å². The van der Waals surface area contributed by atoms with Gasteiger partial charge in [-0.2, -0.15) is 0 Å². The maximum atomic E-state index is 10.8. The molecule has 0 aromatic rings. The van der Waals surface area contributed by atoms with Crippen LogP contribution < -0.4 is 0 Å². The lowest BCUT2D eigenvalue weighted by Crippen LogP contribution is -1.46. The quantitative estimate of drug-likeness (QED) is 0.395. The van der Waals surface area contributed by atoms with Crippen LogP contribution in [0.1, 0.15) is 0 Å². The Hall–Kier alpha value is 0.530. The average Bonchev–Trinajstić information content (AvgIpc) is 0.811. The predicted molar refractivity (Wildman–Crippen MR) is 24.1 cm³/mol. The average molecular weight is 96.0 g/mol. The van der Waals surface area contributed by atoms with Crippen LogP contribution in [-0.4, -0.2) is 5.29 Å². The fourth-order valence-corrected chi connectivity index (χ4v) is 0. The molecule has 0 aromatic heterocycles. The van der Waals surface area contributed by atoms with Gasteiger partial charge in [-0.05, 0) is 0 Å². The third kappa shape index (κ3) is 21.1. The zero-order valence-electron chi connectivity index (χ0n) is 1.96. The number of rotatable bonds is 0. The van der Waals surface area contributed by atoms with Crippen molar-refractivity contribution in [1.29, 1.82) is 0 Å². The summed E-state index contributed by atoms with van der Waals surface area (Å²) in [4.78, 5) is 0. The van der Waals surface area contributed by atoms with Crippen molar-refractivity contribution in [3.63, 3.8) is 0 Å². The molecule has 0 saturated heterocycles. The van der Waals surface area contributed by atoms with E-state index < -0.39 is 0 Å². The monoisotopic (exact) mass is 96.0 g/mol. The molecule has 0 aromatic carbocycles. The first kappa shape index (κ1) is 4.53. The lowest BCUT2D eigenvalue weighted by Gasteiger charge is -1.58. The summed E-state index contributed by atoms with van der Waals surface area (Å²) in [5.74, 6) is 0. The maximum absolute atomic E-state index is 10.8. The van der Waals surface area contributed by atoms with Crippen LogP contribution in [0.25, 0.3) is 0 Å². The van der Waals surface area contributed by atoms with E-state index in [1.807, 2.05) is 9.24 Å². The molecule has 0 amide bonds. The van der Waals surface area contributed by atoms with Gasteiger partial charge < -0.3 is 0 Å². The van der Waals surface area contributed by atoms with E-state index in [4.69, 9.17) is 0 Å². The second kappa shape index (κ2) is 1.81. The summed E-state index contributed by atoms with van der Waals surface area (Å²) in [5.41, 5.74) is 0. The molecule has 0 bridgehead atoms. The molecule has 0 heterocycles. The van der Waals surface area contributed by atoms with E-state index in [1.165, 1.54) is 0 Å². The molecule has 0 rings (SSSR count). The van der Waals surface area contributed by atoms with Crippen LogP contribution in [0.2, 0.25) is 0 Å². The molecule has 0 aliphatic rings. The van der Waals surface area contributed by atoms with Crippen molar-refractivity contribution in [1.82, 2.24) is 0 Å². The Morgan fingerprint density at radius 1 is 2.00 bits per heavy atom. The highest BCUT2D eigenvalue weighted by Crippen LogP contribution is 1.88. The minimum Gasteiger partial charge on any atom is -0.203 e. The van der Waals surface area contributed by atoms with Crippen LogP contribution in [0.5, 0.6) is 0 Å². The Bertz CT molecular complexity index is 29.0. The molecular weight excluding hydrogens is 93.0 g/mol. The molecule has 0 radical (unpaired) electrons. The Labute approximate surface area is 28.8 Å². The summed E-state index contributed by atoms with van der Waals surface area (Å²) < 4.78 is 10.8. The van der Waals surface area contributed by atoms with E-state index in [2.05, 4.69) is 8.86 Å². The van der Waals surface area contributed by atoms with E-state index in [-0.39, 0.29) is 5.29 Å². The lowest BCUT2D eigenvalue weighted by molar-refractivity contribution is 0.852. The number of hydrogen-bond acceptors (Lipinski definition) is 0. The second-order valence-corrected chi connectivity index (χ2v) is 1.91.